The number of rotatable bonds is 5. The van der Waals surface area contributed by atoms with Gasteiger partial charge in [0.1, 0.15) is 17.6 Å². The van der Waals surface area contributed by atoms with Crippen molar-refractivity contribution in [2.75, 3.05) is 25.6 Å². The van der Waals surface area contributed by atoms with Gasteiger partial charge in [0.15, 0.2) is 0 Å². The molecule has 1 aliphatic rings. The Kier molecular flexibility index (Phi) is 5.03. The molecule has 1 fully saturated rings. The number of aryl methyl sites for hydroxylation is 1. The number of hydrogen-bond donors (Lipinski definition) is 1. The fourth-order valence-electron chi connectivity index (χ4n) is 3.24. The lowest BCUT2D eigenvalue weighted by atomic mass is 10.1. The van der Waals surface area contributed by atoms with Gasteiger partial charge in [0.25, 0.3) is 5.56 Å². The molecule has 0 bridgehead atoms. The molecule has 1 aromatic carbocycles. The first-order valence-electron chi connectivity index (χ1n) is 9.01. The lowest BCUT2D eigenvalue weighted by molar-refractivity contribution is 0.183. The first kappa shape index (κ1) is 18.1. The zero-order valence-corrected chi connectivity index (χ0v) is 15.7. The number of nitrogens with one attached hydrogen (secondary N) is 1. The molecule has 0 radical (unpaired) electrons. The topological polar surface area (TPSA) is 91.2 Å². The summed E-state index contributed by atoms with van der Waals surface area (Å²) in [5.41, 5.74) is 2.21. The van der Waals surface area contributed by atoms with Crippen molar-refractivity contribution in [2.24, 2.45) is 0 Å². The second-order valence-electron chi connectivity index (χ2n) is 6.63. The van der Waals surface area contributed by atoms with Gasteiger partial charge in [0, 0.05) is 17.8 Å². The van der Waals surface area contributed by atoms with E-state index in [1.54, 1.807) is 25.6 Å². The third-order valence-electron chi connectivity index (χ3n) is 4.64. The molecule has 8 nitrogen and oxygen atoms in total. The van der Waals surface area contributed by atoms with Gasteiger partial charge in [-0.15, -0.1) is 0 Å². The Hall–Kier alpha value is -3.26. The highest BCUT2D eigenvalue weighted by atomic mass is 16.5. The summed E-state index contributed by atoms with van der Waals surface area (Å²) in [6.45, 7) is 2.73. The van der Waals surface area contributed by atoms with Crippen LogP contribution in [0.15, 0.2) is 53.6 Å². The molecule has 2 aromatic heterocycles. The van der Waals surface area contributed by atoms with Crippen LogP contribution in [-0.2, 0) is 4.74 Å². The van der Waals surface area contributed by atoms with Gasteiger partial charge in [-0.1, -0.05) is 12.1 Å². The molecule has 4 rings (SSSR count). The summed E-state index contributed by atoms with van der Waals surface area (Å²) in [5.74, 6) is 1.39. The quantitative estimate of drug-likeness (QED) is 0.726. The van der Waals surface area contributed by atoms with E-state index in [-0.39, 0.29) is 17.6 Å². The average molecular weight is 379 g/mol. The summed E-state index contributed by atoms with van der Waals surface area (Å²) in [5, 5.41) is 7.92. The van der Waals surface area contributed by atoms with E-state index in [1.165, 1.54) is 10.7 Å². The van der Waals surface area contributed by atoms with Crippen LogP contribution in [0, 0.1) is 6.92 Å². The van der Waals surface area contributed by atoms with E-state index in [1.807, 2.05) is 31.2 Å². The Bertz CT molecular complexity index is 1040. The molecule has 0 saturated carbocycles. The number of aromatic nitrogens is 4. The second-order valence-corrected chi connectivity index (χ2v) is 6.63. The Balaban J connectivity index is 1.64. The molecular formula is C20H21N5O3. The van der Waals surface area contributed by atoms with Gasteiger partial charge in [-0.2, -0.15) is 5.10 Å². The first-order chi connectivity index (χ1) is 13.6. The molecule has 28 heavy (non-hydrogen) atoms. The molecule has 2 atom stereocenters. The number of nitrogens with zero attached hydrogens (tertiary/aromatic N) is 4. The van der Waals surface area contributed by atoms with Crippen LogP contribution in [0.1, 0.15) is 11.7 Å². The average Bonchev–Trinajstić information content (AvgIpc) is 3.16. The van der Waals surface area contributed by atoms with E-state index in [4.69, 9.17) is 9.47 Å². The number of benzene rings is 1. The van der Waals surface area contributed by atoms with Crippen LogP contribution in [0.4, 0.5) is 5.82 Å². The van der Waals surface area contributed by atoms with Crippen LogP contribution in [0.2, 0.25) is 0 Å². The molecule has 8 heteroatoms. The summed E-state index contributed by atoms with van der Waals surface area (Å²) < 4.78 is 12.4. The van der Waals surface area contributed by atoms with Crippen LogP contribution in [0.5, 0.6) is 5.75 Å². The number of ether oxygens (including phenoxy) is 2. The van der Waals surface area contributed by atoms with Crippen molar-refractivity contribution in [3.63, 3.8) is 0 Å². The van der Waals surface area contributed by atoms with Crippen molar-refractivity contribution in [2.45, 2.75) is 19.0 Å². The highest BCUT2D eigenvalue weighted by molar-refractivity contribution is 5.60. The van der Waals surface area contributed by atoms with Gasteiger partial charge in [-0.3, -0.25) is 9.78 Å². The van der Waals surface area contributed by atoms with Crippen LogP contribution in [-0.4, -0.2) is 46.1 Å². The van der Waals surface area contributed by atoms with E-state index in [9.17, 15) is 4.79 Å². The third-order valence-corrected chi connectivity index (χ3v) is 4.64. The fourth-order valence-corrected chi connectivity index (χ4v) is 3.24. The van der Waals surface area contributed by atoms with Crippen LogP contribution in [0.3, 0.4) is 0 Å². The van der Waals surface area contributed by atoms with Crippen molar-refractivity contribution < 1.29 is 9.47 Å². The van der Waals surface area contributed by atoms with Crippen molar-refractivity contribution in [3.05, 3.63) is 64.8 Å². The minimum absolute atomic E-state index is 0.137. The Morgan fingerprint density at radius 2 is 2.11 bits per heavy atom. The van der Waals surface area contributed by atoms with E-state index in [2.05, 4.69) is 20.4 Å². The normalized spacial score (nSPS) is 18.8. The summed E-state index contributed by atoms with van der Waals surface area (Å²) in [4.78, 5) is 21.1. The molecule has 1 aliphatic heterocycles. The maximum Gasteiger partial charge on any atom is 0.267 e. The minimum atomic E-state index is -0.250. The van der Waals surface area contributed by atoms with Crippen LogP contribution >= 0.6 is 0 Å². The van der Waals surface area contributed by atoms with E-state index < -0.39 is 0 Å². The Morgan fingerprint density at radius 1 is 1.21 bits per heavy atom. The van der Waals surface area contributed by atoms with Crippen molar-refractivity contribution >= 4 is 5.82 Å². The van der Waals surface area contributed by atoms with Gasteiger partial charge in [0.2, 0.25) is 0 Å². The lowest BCUT2D eigenvalue weighted by Crippen LogP contribution is -2.37. The number of methoxy groups -OCH3 is 1. The van der Waals surface area contributed by atoms with Crippen LogP contribution in [0.25, 0.3) is 11.3 Å². The van der Waals surface area contributed by atoms with E-state index in [0.717, 1.165) is 17.0 Å². The van der Waals surface area contributed by atoms with E-state index in [0.29, 0.717) is 24.7 Å². The number of anilines is 1. The molecular weight excluding hydrogens is 358 g/mol. The molecule has 144 valence electrons. The maximum atomic E-state index is 12.5. The standard InChI is InChI=1S/C20H21N5O3/c1-13-9-21-10-19(22-13)23-17-11-28-12-18(17)25-20(26)7-6-16(24-25)14-4-3-5-15(8-14)27-2/h3-10,17-18H,11-12H2,1-2H3,(H,22,23). The smallest absolute Gasteiger partial charge is 0.267 e. The molecule has 0 aliphatic carbocycles. The molecule has 3 aromatic rings. The Labute approximate surface area is 162 Å². The fraction of sp³-hybridized carbons (Fsp3) is 0.300. The summed E-state index contributed by atoms with van der Waals surface area (Å²) >= 11 is 0. The summed E-state index contributed by atoms with van der Waals surface area (Å²) in [6.07, 6.45) is 3.35. The van der Waals surface area contributed by atoms with Crippen molar-refractivity contribution in [3.8, 4) is 17.0 Å². The lowest BCUT2D eigenvalue weighted by Gasteiger charge is -2.21. The second kappa shape index (κ2) is 7.77. The molecule has 1 saturated heterocycles. The highest BCUT2D eigenvalue weighted by Crippen LogP contribution is 2.24. The Morgan fingerprint density at radius 3 is 2.93 bits per heavy atom. The van der Waals surface area contributed by atoms with Crippen molar-refractivity contribution in [1.82, 2.24) is 19.7 Å². The zero-order valence-electron chi connectivity index (χ0n) is 15.7. The third kappa shape index (κ3) is 3.72. The molecule has 1 N–H and O–H groups in total. The monoisotopic (exact) mass is 379 g/mol. The number of hydrogen-bond acceptors (Lipinski definition) is 7. The highest BCUT2D eigenvalue weighted by Gasteiger charge is 2.32. The van der Waals surface area contributed by atoms with Gasteiger partial charge < -0.3 is 14.8 Å². The summed E-state index contributed by atoms with van der Waals surface area (Å²) in [6, 6.07) is 10.4. The van der Waals surface area contributed by atoms with Gasteiger partial charge in [0.05, 0.1) is 44.0 Å². The van der Waals surface area contributed by atoms with Gasteiger partial charge in [-0.05, 0) is 25.1 Å². The molecule has 0 spiro atoms. The zero-order chi connectivity index (χ0) is 19.5. The minimum Gasteiger partial charge on any atom is -0.497 e. The van der Waals surface area contributed by atoms with Crippen LogP contribution < -0.4 is 15.6 Å². The SMILES string of the molecule is COc1cccc(-c2ccc(=O)n(C3COCC3Nc3cncc(C)n3)n2)c1. The molecule has 3 heterocycles. The predicted molar refractivity (Wildman–Crippen MR) is 105 cm³/mol. The predicted octanol–water partition coefficient (Wildman–Crippen LogP) is 2.07. The summed E-state index contributed by atoms with van der Waals surface area (Å²) in [7, 11) is 1.62. The molecule has 0 amide bonds. The largest absolute Gasteiger partial charge is 0.497 e. The van der Waals surface area contributed by atoms with Gasteiger partial charge in [-0.25, -0.2) is 9.67 Å². The molecule has 2 unspecified atom stereocenters. The van der Waals surface area contributed by atoms with Gasteiger partial charge >= 0.3 is 0 Å². The first-order valence-corrected chi connectivity index (χ1v) is 9.01. The maximum absolute atomic E-state index is 12.5. The van der Waals surface area contributed by atoms with E-state index >= 15 is 0 Å². The van der Waals surface area contributed by atoms with Crippen molar-refractivity contribution in [1.29, 1.82) is 0 Å².